The number of hydrogen-bond donors (Lipinski definition) is 1. The summed E-state index contributed by atoms with van der Waals surface area (Å²) in [6, 6.07) is 9.12. The van der Waals surface area contributed by atoms with Gasteiger partial charge in [-0.2, -0.15) is 0 Å². The Balaban J connectivity index is 2.20. The van der Waals surface area contributed by atoms with Crippen LogP contribution in [0.2, 0.25) is 5.15 Å². The Morgan fingerprint density at radius 1 is 1.31 bits per heavy atom. The molecule has 0 unspecified atom stereocenters. The van der Waals surface area contributed by atoms with Crippen molar-refractivity contribution >= 4 is 23.2 Å². The van der Waals surface area contributed by atoms with Crippen LogP contribution in [0.15, 0.2) is 36.5 Å². The summed E-state index contributed by atoms with van der Waals surface area (Å²) in [6.07, 6.45) is 1.60. The number of benzene rings is 1. The first-order valence-corrected chi connectivity index (χ1v) is 5.05. The van der Waals surface area contributed by atoms with Crippen LogP contribution in [0.25, 0.3) is 0 Å². The van der Waals surface area contributed by atoms with E-state index in [1.54, 1.807) is 19.4 Å². The molecule has 82 valence electrons. The fourth-order valence-electron chi connectivity index (χ4n) is 1.23. The lowest BCUT2D eigenvalue weighted by atomic mass is 10.3. The zero-order valence-corrected chi connectivity index (χ0v) is 9.40. The van der Waals surface area contributed by atoms with E-state index < -0.39 is 0 Å². The lowest BCUT2D eigenvalue weighted by Crippen LogP contribution is -1.96. The minimum atomic E-state index is 0.403. The summed E-state index contributed by atoms with van der Waals surface area (Å²) in [5, 5.41) is 3.44. The van der Waals surface area contributed by atoms with Crippen LogP contribution in [0, 0.1) is 0 Å². The van der Waals surface area contributed by atoms with Crippen LogP contribution in [0.1, 0.15) is 0 Å². The van der Waals surface area contributed by atoms with E-state index in [0.29, 0.717) is 11.1 Å². The van der Waals surface area contributed by atoms with Gasteiger partial charge in [0, 0.05) is 18.0 Å². The van der Waals surface area contributed by atoms with Gasteiger partial charge in [-0.25, -0.2) is 9.97 Å². The Morgan fingerprint density at radius 2 is 2.19 bits per heavy atom. The fraction of sp³-hybridized carbons (Fsp3) is 0.0909. The van der Waals surface area contributed by atoms with Crippen molar-refractivity contribution in [2.45, 2.75) is 0 Å². The maximum absolute atomic E-state index is 5.75. The molecule has 0 amide bonds. The highest BCUT2D eigenvalue weighted by Crippen LogP contribution is 2.19. The van der Waals surface area contributed by atoms with Gasteiger partial charge in [0.15, 0.2) is 0 Å². The molecule has 4 nitrogen and oxygen atoms in total. The van der Waals surface area contributed by atoms with Crippen molar-refractivity contribution in [2.75, 3.05) is 12.4 Å². The zero-order valence-electron chi connectivity index (χ0n) is 8.64. The SMILES string of the molecule is COc1cccc(Nc2nccc(Cl)n2)c1. The molecular weight excluding hydrogens is 226 g/mol. The molecule has 0 fully saturated rings. The maximum atomic E-state index is 5.75. The quantitative estimate of drug-likeness (QED) is 0.831. The predicted molar refractivity (Wildman–Crippen MR) is 63.3 cm³/mol. The summed E-state index contributed by atoms with van der Waals surface area (Å²) < 4.78 is 5.11. The van der Waals surface area contributed by atoms with Gasteiger partial charge in [0.1, 0.15) is 10.9 Å². The number of halogens is 1. The van der Waals surface area contributed by atoms with Crippen LogP contribution < -0.4 is 10.1 Å². The van der Waals surface area contributed by atoms with Gasteiger partial charge in [-0.05, 0) is 18.2 Å². The van der Waals surface area contributed by atoms with Crippen molar-refractivity contribution in [3.63, 3.8) is 0 Å². The van der Waals surface area contributed by atoms with Crippen LogP contribution >= 0.6 is 11.6 Å². The molecule has 0 saturated heterocycles. The average molecular weight is 236 g/mol. The highest BCUT2D eigenvalue weighted by atomic mass is 35.5. The van der Waals surface area contributed by atoms with Gasteiger partial charge < -0.3 is 10.1 Å². The van der Waals surface area contributed by atoms with E-state index in [-0.39, 0.29) is 0 Å². The van der Waals surface area contributed by atoms with E-state index in [1.165, 1.54) is 0 Å². The lowest BCUT2D eigenvalue weighted by molar-refractivity contribution is 0.415. The number of rotatable bonds is 3. The predicted octanol–water partition coefficient (Wildman–Crippen LogP) is 2.88. The molecule has 0 bridgehead atoms. The number of ether oxygens (including phenoxy) is 1. The third kappa shape index (κ3) is 2.61. The Labute approximate surface area is 98.3 Å². The fourth-order valence-corrected chi connectivity index (χ4v) is 1.36. The molecule has 1 aromatic carbocycles. The highest BCUT2D eigenvalue weighted by Gasteiger charge is 1.99. The number of hydrogen-bond acceptors (Lipinski definition) is 4. The molecule has 0 radical (unpaired) electrons. The minimum absolute atomic E-state index is 0.403. The van der Waals surface area contributed by atoms with Gasteiger partial charge in [-0.15, -0.1) is 0 Å². The third-order valence-corrected chi connectivity index (χ3v) is 2.16. The Morgan fingerprint density at radius 3 is 2.94 bits per heavy atom. The van der Waals surface area contributed by atoms with Crippen LogP contribution in [0.3, 0.4) is 0 Å². The number of methoxy groups -OCH3 is 1. The van der Waals surface area contributed by atoms with Crippen molar-refractivity contribution in [1.29, 1.82) is 0 Å². The van der Waals surface area contributed by atoms with Crippen molar-refractivity contribution in [3.05, 3.63) is 41.7 Å². The number of aromatic nitrogens is 2. The normalized spacial score (nSPS) is 9.88. The highest BCUT2D eigenvalue weighted by molar-refractivity contribution is 6.29. The first-order valence-electron chi connectivity index (χ1n) is 4.67. The number of nitrogens with one attached hydrogen (secondary N) is 1. The molecule has 1 N–H and O–H groups in total. The molecule has 0 aliphatic heterocycles. The van der Waals surface area contributed by atoms with Crippen molar-refractivity contribution in [3.8, 4) is 5.75 Å². The Hall–Kier alpha value is -1.81. The van der Waals surface area contributed by atoms with E-state index >= 15 is 0 Å². The molecule has 0 saturated carbocycles. The van der Waals surface area contributed by atoms with Crippen LogP contribution in [-0.2, 0) is 0 Å². The Kier molecular flexibility index (Phi) is 3.22. The van der Waals surface area contributed by atoms with Gasteiger partial charge in [0.2, 0.25) is 5.95 Å². The van der Waals surface area contributed by atoms with Crippen molar-refractivity contribution in [1.82, 2.24) is 9.97 Å². The zero-order chi connectivity index (χ0) is 11.4. The van der Waals surface area contributed by atoms with Gasteiger partial charge in [-0.3, -0.25) is 0 Å². The first-order chi connectivity index (χ1) is 7.78. The summed E-state index contributed by atoms with van der Waals surface area (Å²) in [5.41, 5.74) is 0.849. The molecule has 0 aliphatic rings. The molecule has 16 heavy (non-hydrogen) atoms. The van der Waals surface area contributed by atoms with Gasteiger partial charge in [-0.1, -0.05) is 17.7 Å². The molecule has 2 aromatic rings. The van der Waals surface area contributed by atoms with Gasteiger partial charge >= 0.3 is 0 Å². The molecular formula is C11H10ClN3O. The number of nitrogens with zero attached hydrogens (tertiary/aromatic N) is 2. The van der Waals surface area contributed by atoms with Crippen molar-refractivity contribution < 1.29 is 4.74 Å². The largest absolute Gasteiger partial charge is 0.497 e. The summed E-state index contributed by atoms with van der Waals surface area (Å²) in [6.45, 7) is 0. The topological polar surface area (TPSA) is 47.0 Å². The van der Waals surface area contributed by atoms with Crippen molar-refractivity contribution in [2.24, 2.45) is 0 Å². The minimum Gasteiger partial charge on any atom is -0.497 e. The van der Waals surface area contributed by atoms with Crippen LogP contribution in [-0.4, -0.2) is 17.1 Å². The van der Waals surface area contributed by atoms with Gasteiger partial charge in [0.25, 0.3) is 0 Å². The third-order valence-electron chi connectivity index (χ3n) is 1.95. The maximum Gasteiger partial charge on any atom is 0.228 e. The molecule has 2 rings (SSSR count). The summed E-state index contributed by atoms with van der Waals surface area (Å²) in [5.74, 6) is 1.23. The molecule has 5 heteroatoms. The molecule has 0 aliphatic carbocycles. The van der Waals surface area contributed by atoms with Crippen LogP contribution in [0.4, 0.5) is 11.6 Å². The summed E-state index contributed by atoms with van der Waals surface area (Å²) >= 11 is 5.75. The van der Waals surface area contributed by atoms with Crippen LogP contribution in [0.5, 0.6) is 5.75 Å². The second-order valence-electron chi connectivity index (χ2n) is 3.06. The Bertz CT molecular complexity index is 490. The lowest BCUT2D eigenvalue weighted by Gasteiger charge is -2.06. The average Bonchev–Trinajstić information content (AvgIpc) is 2.29. The summed E-state index contributed by atoms with van der Waals surface area (Å²) in [4.78, 5) is 8.07. The van der Waals surface area contributed by atoms with E-state index in [4.69, 9.17) is 16.3 Å². The molecule has 0 spiro atoms. The monoisotopic (exact) mass is 235 g/mol. The molecule has 1 heterocycles. The van der Waals surface area contributed by atoms with E-state index in [0.717, 1.165) is 11.4 Å². The summed E-state index contributed by atoms with van der Waals surface area (Å²) in [7, 11) is 1.62. The second-order valence-corrected chi connectivity index (χ2v) is 3.45. The van der Waals surface area contributed by atoms with E-state index in [2.05, 4.69) is 15.3 Å². The second kappa shape index (κ2) is 4.81. The smallest absolute Gasteiger partial charge is 0.228 e. The van der Waals surface area contributed by atoms with Gasteiger partial charge in [0.05, 0.1) is 7.11 Å². The number of anilines is 2. The molecule has 1 aromatic heterocycles. The van der Waals surface area contributed by atoms with E-state index in [9.17, 15) is 0 Å². The first kappa shape index (κ1) is 10.7. The van der Waals surface area contributed by atoms with E-state index in [1.807, 2.05) is 24.3 Å². The standard InChI is InChI=1S/C11H10ClN3O/c1-16-9-4-2-3-8(7-9)14-11-13-6-5-10(12)15-11/h2-7H,1H3,(H,13,14,15). The molecule has 0 atom stereocenters.